The Morgan fingerprint density at radius 3 is 1.62 bits per heavy atom. The van der Waals surface area contributed by atoms with Gasteiger partial charge in [-0.15, -0.1) is 11.3 Å². The van der Waals surface area contributed by atoms with Crippen molar-refractivity contribution >= 4 is 103 Å². The van der Waals surface area contributed by atoms with Gasteiger partial charge in [-0.2, -0.15) is 0 Å². The molecule has 0 aliphatic rings. The number of anilines is 3. The number of para-hydroxylation sites is 3. The van der Waals surface area contributed by atoms with E-state index in [1.165, 1.54) is 102 Å². The minimum absolute atomic E-state index is 1.08. The summed E-state index contributed by atoms with van der Waals surface area (Å²) in [6.45, 7) is 0. The zero-order chi connectivity index (χ0) is 45.4. The number of rotatable bonds is 7. The Bertz CT molecular complexity index is 4260. The second-order valence-corrected chi connectivity index (χ2v) is 19.1. The first-order valence-electron chi connectivity index (χ1n) is 23.7. The molecule has 0 fully saturated rings. The van der Waals surface area contributed by atoms with Gasteiger partial charge in [0.1, 0.15) is 0 Å². The molecule has 322 valence electrons. The standard InChI is InChI=1S/C66H42N2S/c1-4-20-54-44(14-1)32-39-60-59-38-33-46(42-65(59)69-66(54)60)43-28-34-49(35-29-43)67(51-17-13-16-47(40-51)61-41-48-15-2-3-18-52(48)55-21-5-6-22-56(55)61)50-36-30-45(31-37-50)53-19-7-10-25-62(53)68-63-26-11-8-23-57(63)58-24-9-12-27-64(58)68/h1-42H. The third kappa shape index (κ3) is 6.47. The molecule has 0 saturated carbocycles. The van der Waals surface area contributed by atoms with Gasteiger partial charge in [0, 0.05) is 53.6 Å². The van der Waals surface area contributed by atoms with Crippen LogP contribution in [0.4, 0.5) is 17.1 Å². The van der Waals surface area contributed by atoms with Gasteiger partial charge >= 0.3 is 0 Å². The van der Waals surface area contributed by atoms with E-state index >= 15 is 0 Å². The molecule has 0 saturated heterocycles. The van der Waals surface area contributed by atoms with Crippen molar-refractivity contribution in [3.05, 3.63) is 255 Å². The quantitative estimate of drug-likeness (QED) is 0.145. The van der Waals surface area contributed by atoms with Gasteiger partial charge in [0.2, 0.25) is 0 Å². The molecule has 0 amide bonds. The molecule has 12 aromatic carbocycles. The van der Waals surface area contributed by atoms with E-state index in [1.807, 2.05) is 11.3 Å². The minimum atomic E-state index is 1.08. The van der Waals surface area contributed by atoms with Crippen LogP contribution in [0.2, 0.25) is 0 Å². The molecule has 0 bridgehead atoms. The van der Waals surface area contributed by atoms with Crippen LogP contribution >= 0.6 is 11.3 Å². The number of nitrogens with zero attached hydrogens (tertiary/aromatic N) is 2. The largest absolute Gasteiger partial charge is 0.310 e. The molecule has 69 heavy (non-hydrogen) atoms. The maximum atomic E-state index is 2.42. The Balaban J connectivity index is 0.890. The topological polar surface area (TPSA) is 8.17 Å². The van der Waals surface area contributed by atoms with Gasteiger partial charge in [-0.1, -0.05) is 188 Å². The van der Waals surface area contributed by atoms with Gasteiger partial charge in [-0.25, -0.2) is 0 Å². The zero-order valence-corrected chi connectivity index (χ0v) is 38.4. The molecule has 14 rings (SSSR count). The van der Waals surface area contributed by atoms with Crippen LogP contribution in [0.5, 0.6) is 0 Å². The highest BCUT2D eigenvalue weighted by Gasteiger charge is 2.19. The van der Waals surface area contributed by atoms with Crippen LogP contribution in [0, 0.1) is 0 Å². The highest BCUT2D eigenvalue weighted by Crippen LogP contribution is 2.44. The lowest BCUT2D eigenvalue weighted by atomic mass is 9.93. The first kappa shape index (κ1) is 39.4. The SMILES string of the molecule is c1cc(-c2cc3ccccc3c3ccccc23)cc(N(c2ccc(-c3ccc4c(c3)sc3c5ccccc5ccc43)cc2)c2ccc(-c3ccccc3-n3c4ccccc4c4ccccc43)cc2)c1. The molecular formula is C66H42N2S. The van der Waals surface area contributed by atoms with Crippen molar-refractivity contribution in [2.75, 3.05) is 4.90 Å². The maximum Gasteiger partial charge on any atom is 0.0541 e. The molecule has 2 nitrogen and oxygen atoms in total. The summed E-state index contributed by atoms with van der Waals surface area (Å²) in [5.41, 5.74) is 14.0. The van der Waals surface area contributed by atoms with Crippen LogP contribution < -0.4 is 4.90 Å². The Morgan fingerprint density at radius 1 is 0.290 bits per heavy atom. The van der Waals surface area contributed by atoms with Crippen LogP contribution in [0.25, 0.3) is 113 Å². The van der Waals surface area contributed by atoms with E-state index < -0.39 is 0 Å². The molecule has 14 aromatic rings. The molecule has 3 heteroatoms. The van der Waals surface area contributed by atoms with Gasteiger partial charge in [0.15, 0.2) is 0 Å². The number of fused-ring (bicyclic) bond motifs is 11. The van der Waals surface area contributed by atoms with Gasteiger partial charge in [0.05, 0.1) is 16.7 Å². The molecule has 0 unspecified atom stereocenters. The molecule has 0 N–H and O–H groups in total. The summed E-state index contributed by atoms with van der Waals surface area (Å²) < 4.78 is 5.08. The Kier molecular flexibility index (Phi) is 9.11. The Hall–Kier alpha value is -8.76. The summed E-state index contributed by atoms with van der Waals surface area (Å²) in [5.74, 6) is 0. The smallest absolute Gasteiger partial charge is 0.0541 e. The van der Waals surface area contributed by atoms with Gasteiger partial charge < -0.3 is 9.47 Å². The highest BCUT2D eigenvalue weighted by atomic mass is 32.1. The average Bonchev–Trinajstić information content (AvgIpc) is 3.97. The summed E-state index contributed by atoms with van der Waals surface area (Å²) in [6.07, 6.45) is 0. The number of hydrogen-bond acceptors (Lipinski definition) is 2. The first-order valence-corrected chi connectivity index (χ1v) is 24.5. The van der Waals surface area contributed by atoms with Crippen molar-refractivity contribution in [1.29, 1.82) is 0 Å². The van der Waals surface area contributed by atoms with E-state index in [-0.39, 0.29) is 0 Å². The number of thiophene rings is 1. The summed E-state index contributed by atoms with van der Waals surface area (Å²) in [5, 5.41) is 12.8. The predicted molar refractivity (Wildman–Crippen MR) is 297 cm³/mol. The number of aromatic nitrogens is 1. The van der Waals surface area contributed by atoms with Crippen molar-refractivity contribution in [3.8, 4) is 39.1 Å². The van der Waals surface area contributed by atoms with E-state index in [2.05, 4.69) is 264 Å². The molecule has 2 aromatic heterocycles. The molecule has 0 radical (unpaired) electrons. The van der Waals surface area contributed by atoms with Crippen LogP contribution in [-0.2, 0) is 0 Å². The number of benzene rings is 12. The third-order valence-electron chi connectivity index (χ3n) is 14.2. The van der Waals surface area contributed by atoms with Crippen molar-refractivity contribution < 1.29 is 0 Å². The van der Waals surface area contributed by atoms with E-state index in [0.717, 1.165) is 28.3 Å². The molecule has 2 heterocycles. The van der Waals surface area contributed by atoms with E-state index in [0.29, 0.717) is 0 Å². The van der Waals surface area contributed by atoms with Crippen molar-refractivity contribution in [1.82, 2.24) is 4.57 Å². The number of hydrogen-bond donors (Lipinski definition) is 0. The average molecular weight is 895 g/mol. The van der Waals surface area contributed by atoms with Crippen LogP contribution in [0.1, 0.15) is 0 Å². The van der Waals surface area contributed by atoms with Crippen LogP contribution in [-0.4, -0.2) is 4.57 Å². The molecule has 0 aliphatic heterocycles. The lowest BCUT2D eigenvalue weighted by Crippen LogP contribution is -2.10. The van der Waals surface area contributed by atoms with Gasteiger partial charge in [0.25, 0.3) is 0 Å². The molecule has 0 atom stereocenters. The summed E-state index contributed by atoms with van der Waals surface area (Å²) in [6, 6.07) is 93.7. The van der Waals surface area contributed by atoms with E-state index in [9.17, 15) is 0 Å². The second kappa shape index (κ2) is 16.0. The zero-order valence-electron chi connectivity index (χ0n) is 37.6. The van der Waals surface area contributed by atoms with Crippen molar-refractivity contribution in [2.45, 2.75) is 0 Å². The monoisotopic (exact) mass is 894 g/mol. The lowest BCUT2D eigenvalue weighted by Gasteiger charge is -2.27. The predicted octanol–water partition coefficient (Wildman–Crippen LogP) is 19.1. The van der Waals surface area contributed by atoms with Crippen molar-refractivity contribution in [2.24, 2.45) is 0 Å². The second-order valence-electron chi connectivity index (χ2n) is 18.0. The summed E-state index contributed by atoms with van der Waals surface area (Å²) in [4.78, 5) is 2.40. The fourth-order valence-corrected chi connectivity index (χ4v) is 12.2. The van der Waals surface area contributed by atoms with Crippen LogP contribution in [0.15, 0.2) is 255 Å². The van der Waals surface area contributed by atoms with E-state index in [1.54, 1.807) is 0 Å². The normalized spacial score (nSPS) is 11.8. The maximum absolute atomic E-state index is 2.42. The summed E-state index contributed by atoms with van der Waals surface area (Å²) >= 11 is 1.89. The Labute approximate surface area is 403 Å². The van der Waals surface area contributed by atoms with Gasteiger partial charge in [-0.3, -0.25) is 0 Å². The fourth-order valence-electron chi connectivity index (χ4n) is 10.9. The lowest BCUT2D eigenvalue weighted by molar-refractivity contribution is 1.18. The van der Waals surface area contributed by atoms with Crippen LogP contribution in [0.3, 0.4) is 0 Å². The Morgan fingerprint density at radius 2 is 0.870 bits per heavy atom. The third-order valence-corrected chi connectivity index (χ3v) is 15.4. The molecule has 0 aliphatic carbocycles. The highest BCUT2D eigenvalue weighted by molar-refractivity contribution is 7.26. The molecular weight excluding hydrogens is 853 g/mol. The summed E-state index contributed by atoms with van der Waals surface area (Å²) in [7, 11) is 0. The van der Waals surface area contributed by atoms with Gasteiger partial charge in [-0.05, 0) is 127 Å². The van der Waals surface area contributed by atoms with E-state index in [4.69, 9.17) is 0 Å². The first-order chi connectivity index (χ1) is 34.2. The van der Waals surface area contributed by atoms with Crippen molar-refractivity contribution in [3.63, 3.8) is 0 Å². The molecule has 0 spiro atoms. The fraction of sp³-hybridized carbons (Fsp3) is 0. The minimum Gasteiger partial charge on any atom is -0.310 e.